The number of hydrogen-bond donors (Lipinski definition) is 5. The normalized spacial score (nSPS) is 18.8. The minimum absolute atomic E-state index is 0.0168. The number of amides is 2. The van der Waals surface area contributed by atoms with Crippen molar-refractivity contribution in [3.8, 4) is 0 Å². The standard InChI is InChI=1S/C51H94N7O17P3S/c1-4-5-6-7-8-9-10-11-12-13-14-15-16-17-18-19-20-21-22-23-24-25-26-27-28-29-30-31-42(60)79-35-34-53-41(59)32-33-54-49(63)46(62)51(2,3)37-72-78(69,70)75-77(67,68)71-36-40-45(74-76(64,65)66)44(61)50(73-40)58-39-57-43-47(52)55-38-56-48(43)58/h38-40,44-46,50,61-62H,4-37H2,1-3H3,(H,53,59)(H,54,63)(H,67,68)(H,69,70)(H2,52,55,56)(H2,64,65,66)/p-4/t40-,44-,45-,46+,50-/m1/s1. The summed E-state index contributed by atoms with van der Waals surface area (Å²) < 4.78 is 61.0. The molecule has 2 amide bonds. The molecule has 2 aromatic heterocycles. The number of nitrogens with zero attached hydrogens (tertiary/aromatic N) is 4. The second-order valence-corrected chi connectivity index (χ2v) is 26.4. The maximum absolute atomic E-state index is 12.7. The van der Waals surface area contributed by atoms with Gasteiger partial charge in [-0.15, -0.1) is 0 Å². The maximum atomic E-state index is 12.7. The van der Waals surface area contributed by atoms with Crippen LogP contribution in [-0.4, -0.2) is 103 Å². The molecule has 456 valence electrons. The average molecular weight is 1200 g/mol. The van der Waals surface area contributed by atoms with Gasteiger partial charge in [-0.2, -0.15) is 0 Å². The lowest BCUT2D eigenvalue weighted by Crippen LogP contribution is -2.46. The van der Waals surface area contributed by atoms with Crippen molar-refractivity contribution in [1.29, 1.82) is 0 Å². The molecule has 1 saturated heterocycles. The Hall–Kier alpha value is -2.44. The topological polar surface area (TPSA) is 375 Å². The second-order valence-electron chi connectivity index (χ2n) is 21.1. The molecule has 0 aromatic carbocycles. The number of unbranched alkanes of at least 4 members (excludes halogenated alkanes) is 26. The van der Waals surface area contributed by atoms with E-state index in [1.165, 1.54) is 168 Å². The number of carbonyl (C=O) groups excluding carboxylic acids is 3. The highest BCUT2D eigenvalue weighted by Gasteiger charge is 2.47. The van der Waals surface area contributed by atoms with Crippen LogP contribution in [0.1, 0.15) is 213 Å². The minimum atomic E-state index is -5.92. The van der Waals surface area contributed by atoms with E-state index in [2.05, 4.69) is 50.4 Å². The second kappa shape index (κ2) is 38.4. The molecule has 1 aliphatic rings. The molecule has 3 heterocycles. The van der Waals surface area contributed by atoms with Crippen molar-refractivity contribution in [2.24, 2.45) is 5.41 Å². The van der Waals surface area contributed by atoms with E-state index in [-0.39, 0.29) is 41.6 Å². The number of nitrogens with one attached hydrogen (secondary N) is 2. The number of thioether (sulfide) groups is 1. The van der Waals surface area contributed by atoms with E-state index in [1.54, 1.807) is 0 Å². The van der Waals surface area contributed by atoms with Crippen molar-refractivity contribution < 1.29 is 80.5 Å². The van der Waals surface area contributed by atoms with Gasteiger partial charge in [-0.3, -0.25) is 28.1 Å². The van der Waals surface area contributed by atoms with Gasteiger partial charge in [0.25, 0.3) is 15.6 Å². The predicted molar refractivity (Wildman–Crippen MR) is 293 cm³/mol. The highest BCUT2D eigenvalue weighted by molar-refractivity contribution is 8.13. The molecule has 28 heteroatoms. The summed E-state index contributed by atoms with van der Waals surface area (Å²) in [6.45, 7) is 2.47. The molecule has 2 unspecified atom stereocenters. The summed E-state index contributed by atoms with van der Waals surface area (Å²) in [5, 5.41) is 26.6. The Morgan fingerprint density at radius 2 is 1.23 bits per heavy atom. The molecule has 1 aliphatic heterocycles. The van der Waals surface area contributed by atoms with Gasteiger partial charge in [0, 0.05) is 37.1 Å². The number of aliphatic hydroxyl groups excluding tert-OH is 2. The number of phosphoric acid groups is 3. The smallest absolute Gasteiger partial charge is 0.274 e. The van der Waals surface area contributed by atoms with Crippen LogP contribution in [0.5, 0.6) is 0 Å². The number of aliphatic hydroxyl groups is 2. The van der Waals surface area contributed by atoms with Crippen LogP contribution in [0.15, 0.2) is 12.7 Å². The van der Waals surface area contributed by atoms with Gasteiger partial charge in [0.2, 0.25) is 11.8 Å². The molecule has 6 N–H and O–H groups in total. The highest BCUT2D eigenvalue weighted by atomic mass is 32.2. The van der Waals surface area contributed by atoms with Gasteiger partial charge in [0.1, 0.15) is 36.3 Å². The van der Waals surface area contributed by atoms with Gasteiger partial charge in [-0.25, -0.2) is 19.3 Å². The van der Waals surface area contributed by atoms with Crippen LogP contribution in [-0.2, 0) is 50.7 Å². The summed E-state index contributed by atoms with van der Waals surface area (Å²) in [5.41, 5.74) is 4.11. The first kappa shape index (κ1) is 70.8. The zero-order valence-corrected chi connectivity index (χ0v) is 50.2. The molecule has 79 heavy (non-hydrogen) atoms. The molecule has 0 spiro atoms. The minimum Gasteiger partial charge on any atom is -0.790 e. The Labute approximate surface area is 471 Å². The molecule has 2 aromatic rings. The fourth-order valence-electron chi connectivity index (χ4n) is 9.11. The van der Waals surface area contributed by atoms with E-state index in [0.29, 0.717) is 12.2 Å². The number of nitrogen functional groups attached to an aromatic ring is 1. The summed E-state index contributed by atoms with van der Waals surface area (Å²) >= 11 is 1.15. The lowest BCUT2D eigenvalue weighted by Gasteiger charge is -2.36. The average Bonchev–Trinajstić information content (AvgIpc) is 4.12. The fraction of sp³-hybridized carbons (Fsp3) is 0.843. The predicted octanol–water partition coefficient (Wildman–Crippen LogP) is 7.08. The third-order valence-electron chi connectivity index (χ3n) is 13.7. The number of carbonyl (C=O) groups is 3. The van der Waals surface area contributed by atoms with Crippen molar-refractivity contribution in [2.75, 3.05) is 37.8 Å². The van der Waals surface area contributed by atoms with E-state index in [9.17, 15) is 57.9 Å². The van der Waals surface area contributed by atoms with Gasteiger partial charge in [0.05, 0.1) is 27.4 Å². The number of fused-ring (bicyclic) bond motifs is 1. The number of nitrogens with two attached hydrogens (primary N) is 1. The van der Waals surface area contributed by atoms with Gasteiger partial charge in [-0.1, -0.05) is 199 Å². The number of rotatable bonds is 47. The van der Waals surface area contributed by atoms with Gasteiger partial charge in [-0.05, 0) is 6.42 Å². The van der Waals surface area contributed by atoms with Gasteiger partial charge in [0.15, 0.2) is 22.8 Å². The zero-order valence-electron chi connectivity index (χ0n) is 46.7. The first-order valence-corrected chi connectivity index (χ1v) is 33.9. The van der Waals surface area contributed by atoms with Crippen molar-refractivity contribution in [3.63, 3.8) is 0 Å². The molecule has 0 aliphatic carbocycles. The number of hydrogen-bond acceptors (Lipinski definition) is 22. The molecule has 3 rings (SSSR count). The molecule has 7 atom stereocenters. The Morgan fingerprint density at radius 3 is 1.73 bits per heavy atom. The third kappa shape index (κ3) is 30.1. The number of ether oxygens (including phenoxy) is 1. The van der Waals surface area contributed by atoms with Crippen molar-refractivity contribution in [1.82, 2.24) is 30.2 Å². The summed E-state index contributed by atoms with van der Waals surface area (Å²) in [4.78, 5) is 97.2. The SMILES string of the molecule is CCCCCCCCCCCCCCCCCCCCCCCCCCCCCC(=O)SCCNC(=O)CCNC(=O)[C@H](O)C(C)(C)COP(=O)([O-])OP(=O)([O-])OC[C@H]1O[C@@H](n2cnc3c(N)ncnc32)[C@H](O)[C@@H]1OP(=O)([O-])[O-]. The number of aromatic nitrogens is 4. The largest absolute Gasteiger partial charge is 0.790 e. The summed E-state index contributed by atoms with van der Waals surface area (Å²) in [5.74, 6) is -1.12. The molecule has 0 saturated carbocycles. The molecule has 24 nitrogen and oxygen atoms in total. The third-order valence-corrected chi connectivity index (χ3v) is 17.7. The van der Waals surface area contributed by atoms with Crippen molar-refractivity contribution in [2.45, 2.75) is 238 Å². The number of imidazole rings is 1. The van der Waals surface area contributed by atoms with Crippen molar-refractivity contribution >= 4 is 69.1 Å². The highest BCUT2D eigenvalue weighted by Crippen LogP contribution is 2.56. The van der Waals surface area contributed by atoms with E-state index < -0.39 is 84.6 Å². The van der Waals surface area contributed by atoms with Crippen LogP contribution in [0.3, 0.4) is 0 Å². The molecule has 0 radical (unpaired) electrons. The Balaban J connectivity index is 1.16. The van der Waals surface area contributed by atoms with Crippen LogP contribution in [0.2, 0.25) is 0 Å². The quantitative estimate of drug-likeness (QED) is 0.0326. The van der Waals surface area contributed by atoms with Crippen LogP contribution in [0.25, 0.3) is 11.2 Å². The van der Waals surface area contributed by atoms with E-state index in [4.69, 9.17) is 10.5 Å². The van der Waals surface area contributed by atoms with Gasteiger partial charge < -0.3 is 69.0 Å². The summed E-state index contributed by atoms with van der Waals surface area (Å²) in [7, 11) is -17.6. The molecule has 0 bridgehead atoms. The molecule has 1 fully saturated rings. The van der Waals surface area contributed by atoms with E-state index in [0.717, 1.165) is 48.2 Å². The van der Waals surface area contributed by atoms with Crippen LogP contribution in [0, 0.1) is 5.41 Å². The summed E-state index contributed by atoms with van der Waals surface area (Å²) in [6.07, 6.45) is 28.8. The van der Waals surface area contributed by atoms with E-state index >= 15 is 0 Å². The first-order chi connectivity index (χ1) is 37.6. The monoisotopic (exact) mass is 1200 g/mol. The lowest BCUT2D eigenvalue weighted by molar-refractivity contribution is -0.347. The maximum Gasteiger partial charge on any atom is 0.274 e. The lowest BCUT2D eigenvalue weighted by atomic mass is 9.87. The van der Waals surface area contributed by atoms with Crippen LogP contribution < -0.4 is 35.9 Å². The fourth-order valence-corrected chi connectivity index (χ4v) is 12.6. The van der Waals surface area contributed by atoms with Crippen LogP contribution in [0.4, 0.5) is 5.82 Å². The van der Waals surface area contributed by atoms with Gasteiger partial charge >= 0.3 is 0 Å². The number of anilines is 1. The number of phosphoric ester groups is 3. The van der Waals surface area contributed by atoms with Crippen LogP contribution >= 0.6 is 35.2 Å². The molecular formula is C51H90N7O17P3S-4. The summed E-state index contributed by atoms with van der Waals surface area (Å²) in [6, 6.07) is 0. The molecular weight excluding hydrogens is 1110 g/mol. The zero-order chi connectivity index (χ0) is 58.2. The first-order valence-electron chi connectivity index (χ1n) is 28.5. The Morgan fingerprint density at radius 1 is 0.734 bits per heavy atom. The van der Waals surface area contributed by atoms with Crippen molar-refractivity contribution in [3.05, 3.63) is 12.7 Å². The van der Waals surface area contributed by atoms with E-state index in [1.807, 2.05) is 0 Å². The Kier molecular flexibility index (Phi) is 34.4. The Bertz CT molecular complexity index is 2210.